The Morgan fingerprint density at radius 1 is 1.67 bits per heavy atom. The summed E-state index contributed by atoms with van der Waals surface area (Å²) in [4.78, 5) is 11.0. The maximum absolute atomic E-state index is 11.0. The highest BCUT2D eigenvalue weighted by Gasteiger charge is 2.23. The summed E-state index contributed by atoms with van der Waals surface area (Å²) in [6.07, 6.45) is 3.63. The molecule has 0 radical (unpaired) electrons. The van der Waals surface area contributed by atoms with Crippen LogP contribution in [0.4, 0.5) is 0 Å². The summed E-state index contributed by atoms with van der Waals surface area (Å²) in [6, 6.07) is -0.0308. The third-order valence-electron chi connectivity index (χ3n) is 2.13. The van der Waals surface area contributed by atoms with Crippen molar-refractivity contribution in [2.75, 3.05) is 6.61 Å². The molecule has 0 bridgehead atoms. The Morgan fingerprint density at radius 3 is 2.83 bits per heavy atom. The van der Waals surface area contributed by atoms with Crippen LogP contribution in [0, 0.1) is 5.92 Å². The van der Waals surface area contributed by atoms with E-state index in [0.717, 1.165) is 6.42 Å². The number of carbonyl (C=O) groups excluding carboxylic acids is 1. The lowest BCUT2D eigenvalue weighted by Crippen LogP contribution is -2.24. The van der Waals surface area contributed by atoms with Crippen LogP contribution in [0.15, 0.2) is 0 Å². The van der Waals surface area contributed by atoms with Crippen molar-refractivity contribution < 1.29 is 9.53 Å². The summed E-state index contributed by atoms with van der Waals surface area (Å²) in [6.45, 7) is 2.58. The van der Waals surface area contributed by atoms with Gasteiger partial charge >= 0.3 is 5.97 Å². The molecule has 1 rings (SSSR count). The Balaban J connectivity index is 2.01. The number of hydrogen-bond donors (Lipinski definition) is 1. The highest BCUT2D eigenvalue weighted by atomic mass is 16.5. The number of ether oxygens (including phenoxy) is 1. The van der Waals surface area contributed by atoms with Crippen LogP contribution in [0.2, 0.25) is 0 Å². The average molecular weight is 171 g/mol. The highest BCUT2D eigenvalue weighted by molar-refractivity contribution is 5.70. The molecule has 0 heterocycles. The van der Waals surface area contributed by atoms with Gasteiger partial charge in [-0.15, -0.1) is 0 Å². The van der Waals surface area contributed by atoms with E-state index in [-0.39, 0.29) is 12.0 Å². The molecule has 1 aliphatic carbocycles. The van der Waals surface area contributed by atoms with Crippen LogP contribution in [-0.4, -0.2) is 18.6 Å². The van der Waals surface area contributed by atoms with Gasteiger partial charge in [-0.1, -0.05) is 6.92 Å². The second-order valence-corrected chi connectivity index (χ2v) is 3.50. The van der Waals surface area contributed by atoms with Crippen molar-refractivity contribution in [1.82, 2.24) is 0 Å². The van der Waals surface area contributed by atoms with Gasteiger partial charge in [-0.2, -0.15) is 0 Å². The van der Waals surface area contributed by atoms with E-state index in [1.54, 1.807) is 0 Å². The van der Waals surface area contributed by atoms with Gasteiger partial charge in [-0.25, -0.2) is 0 Å². The van der Waals surface area contributed by atoms with E-state index >= 15 is 0 Å². The van der Waals surface area contributed by atoms with Crippen LogP contribution < -0.4 is 5.73 Å². The predicted molar refractivity (Wildman–Crippen MR) is 46.6 cm³/mol. The van der Waals surface area contributed by atoms with Crippen LogP contribution in [0.25, 0.3) is 0 Å². The van der Waals surface area contributed by atoms with Crippen molar-refractivity contribution in [1.29, 1.82) is 0 Å². The van der Waals surface area contributed by atoms with Crippen LogP contribution in [0.5, 0.6) is 0 Å². The highest BCUT2D eigenvalue weighted by Crippen LogP contribution is 2.28. The van der Waals surface area contributed by atoms with E-state index < -0.39 is 0 Å². The number of nitrogens with two attached hydrogens (primary N) is 1. The minimum atomic E-state index is -0.142. The van der Waals surface area contributed by atoms with E-state index in [4.69, 9.17) is 10.5 Å². The molecule has 0 saturated heterocycles. The quantitative estimate of drug-likeness (QED) is 0.629. The second-order valence-electron chi connectivity index (χ2n) is 3.50. The molecule has 1 unspecified atom stereocenters. The van der Waals surface area contributed by atoms with Crippen molar-refractivity contribution >= 4 is 5.97 Å². The molecular weight excluding hydrogens is 154 g/mol. The summed E-state index contributed by atoms with van der Waals surface area (Å²) in [5.41, 5.74) is 5.60. The van der Waals surface area contributed by atoms with Crippen molar-refractivity contribution in [3.63, 3.8) is 0 Å². The lowest BCUT2D eigenvalue weighted by atomic mass is 10.2. The minimum absolute atomic E-state index is 0.0308. The van der Waals surface area contributed by atoms with Gasteiger partial charge in [0.2, 0.25) is 0 Å². The van der Waals surface area contributed by atoms with E-state index in [1.807, 2.05) is 6.92 Å². The molecule has 2 N–H and O–H groups in total. The number of rotatable bonds is 5. The molecule has 3 nitrogen and oxygen atoms in total. The first-order valence-corrected chi connectivity index (χ1v) is 4.63. The molecule has 0 aromatic heterocycles. The fourth-order valence-corrected chi connectivity index (χ4v) is 0.913. The smallest absolute Gasteiger partial charge is 0.307 e. The molecule has 1 saturated carbocycles. The zero-order valence-electron chi connectivity index (χ0n) is 7.58. The standard InChI is InChI=1S/C9H17NO2/c1-2-8(10)5-9(11)12-6-7-3-4-7/h7-8H,2-6,10H2,1H3. The van der Waals surface area contributed by atoms with E-state index in [2.05, 4.69) is 0 Å². The predicted octanol–water partition coefficient (Wildman–Crippen LogP) is 1.07. The molecule has 3 heteroatoms. The van der Waals surface area contributed by atoms with Gasteiger partial charge in [-0.3, -0.25) is 4.79 Å². The SMILES string of the molecule is CCC(N)CC(=O)OCC1CC1. The van der Waals surface area contributed by atoms with E-state index in [0.29, 0.717) is 18.9 Å². The molecule has 0 aromatic rings. The fraction of sp³-hybridized carbons (Fsp3) is 0.889. The Labute approximate surface area is 73.3 Å². The van der Waals surface area contributed by atoms with Crippen LogP contribution in [-0.2, 0) is 9.53 Å². The lowest BCUT2D eigenvalue weighted by molar-refractivity contribution is -0.144. The van der Waals surface area contributed by atoms with Gasteiger partial charge in [0.1, 0.15) is 0 Å². The Hall–Kier alpha value is -0.570. The molecule has 1 fully saturated rings. The Bertz CT molecular complexity index is 155. The topological polar surface area (TPSA) is 52.3 Å². The first-order chi connectivity index (χ1) is 5.72. The summed E-state index contributed by atoms with van der Waals surface area (Å²) in [7, 11) is 0. The van der Waals surface area contributed by atoms with E-state index in [9.17, 15) is 4.79 Å². The molecule has 0 aliphatic heterocycles. The van der Waals surface area contributed by atoms with Gasteiger partial charge in [-0.05, 0) is 25.2 Å². The van der Waals surface area contributed by atoms with Crippen molar-refractivity contribution in [3.8, 4) is 0 Å². The monoisotopic (exact) mass is 171 g/mol. The summed E-state index contributed by atoms with van der Waals surface area (Å²) < 4.78 is 5.02. The first kappa shape index (κ1) is 9.52. The average Bonchev–Trinajstić information content (AvgIpc) is 2.83. The number of hydrogen-bond acceptors (Lipinski definition) is 3. The van der Waals surface area contributed by atoms with E-state index in [1.165, 1.54) is 12.8 Å². The molecule has 12 heavy (non-hydrogen) atoms. The third-order valence-corrected chi connectivity index (χ3v) is 2.13. The van der Waals surface area contributed by atoms with Crippen LogP contribution in [0.1, 0.15) is 32.6 Å². The van der Waals surface area contributed by atoms with Gasteiger partial charge in [0.15, 0.2) is 0 Å². The molecule has 70 valence electrons. The summed E-state index contributed by atoms with van der Waals surface area (Å²) in [5, 5.41) is 0. The molecule has 0 amide bonds. The number of carbonyl (C=O) groups is 1. The fourth-order valence-electron chi connectivity index (χ4n) is 0.913. The van der Waals surface area contributed by atoms with Gasteiger partial charge in [0.05, 0.1) is 13.0 Å². The second kappa shape index (κ2) is 4.45. The maximum atomic E-state index is 11.0. The summed E-state index contributed by atoms with van der Waals surface area (Å²) >= 11 is 0. The normalized spacial score (nSPS) is 18.8. The Morgan fingerprint density at radius 2 is 2.33 bits per heavy atom. The van der Waals surface area contributed by atoms with Gasteiger partial charge in [0.25, 0.3) is 0 Å². The zero-order chi connectivity index (χ0) is 8.97. The molecule has 1 aliphatic rings. The van der Waals surface area contributed by atoms with Crippen molar-refractivity contribution in [2.45, 2.75) is 38.6 Å². The van der Waals surface area contributed by atoms with Crippen molar-refractivity contribution in [3.05, 3.63) is 0 Å². The lowest BCUT2D eigenvalue weighted by Gasteiger charge is -2.07. The number of esters is 1. The third kappa shape index (κ3) is 3.72. The molecule has 0 spiro atoms. The van der Waals surface area contributed by atoms with Gasteiger partial charge in [0, 0.05) is 6.04 Å². The Kier molecular flexibility index (Phi) is 3.53. The van der Waals surface area contributed by atoms with Crippen LogP contribution in [0.3, 0.4) is 0 Å². The summed E-state index contributed by atoms with van der Waals surface area (Å²) in [5.74, 6) is 0.503. The van der Waals surface area contributed by atoms with Crippen LogP contribution >= 0.6 is 0 Å². The first-order valence-electron chi connectivity index (χ1n) is 4.63. The minimum Gasteiger partial charge on any atom is -0.465 e. The largest absolute Gasteiger partial charge is 0.465 e. The molecule has 0 aromatic carbocycles. The van der Waals surface area contributed by atoms with Crippen molar-refractivity contribution in [2.24, 2.45) is 11.7 Å². The zero-order valence-corrected chi connectivity index (χ0v) is 7.58. The molecular formula is C9H17NO2. The molecule has 1 atom stereocenters. The van der Waals surface area contributed by atoms with Gasteiger partial charge < -0.3 is 10.5 Å². The maximum Gasteiger partial charge on any atom is 0.307 e.